The van der Waals surface area contributed by atoms with E-state index in [1.54, 1.807) is 12.3 Å². The Bertz CT molecular complexity index is 446. The van der Waals surface area contributed by atoms with Gasteiger partial charge < -0.3 is 5.32 Å². The van der Waals surface area contributed by atoms with Crippen LogP contribution in [-0.2, 0) is 11.3 Å². The van der Waals surface area contributed by atoms with Gasteiger partial charge in [0.1, 0.15) is 11.7 Å². The molecule has 2 rings (SSSR count). The average molecular weight is 244 g/mol. The molecule has 0 aliphatic heterocycles. The molecule has 1 heterocycles. The molecule has 1 saturated carbocycles. The van der Waals surface area contributed by atoms with Crippen LogP contribution in [0, 0.1) is 16.7 Å². The number of nitriles is 1. The van der Waals surface area contributed by atoms with E-state index >= 15 is 0 Å². The zero-order valence-electron chi connectivity index (χ0n) is 10.2. The summed E-state index contributed by atoms with van der Waals surface area (Å²) in [5, 5.41) is 12.1. The molecule has 94 valence electrons. The monoisotopic (exact) mass is 244 g/mol. The highest BCUT2D eigenvalue weighted by molar-refractivity contribution is 5.85. The van der Waals surface area contributed by atoms with Crippen molar-refractivity contribution in [2.75, 3.05) is 0 Å². The maximum absolute atomic E-state index is 12.1. The van der Waals surface area contributed by atoms with Crippen molar-refractivity contribution in [3.05, 3.63) is 24.3 Å². The van der Waals surface area contributed by atoms with E-state index in [-0.39, 0.29) is 5.91 Å². The highest BCUT2D eigenvalue weighted by Gasteiger charge is 2.39. The molecule has 0 spiro atoms. The van der Waals surface area contributed by atoms with Crippen LogP contribution in [0.2, 0.25) is 0 Å². The van der Waals surface area contributed by atoms with E-state index in [1.807, 2.05) is 0 Å². The van der Waals surface area contributed by atoms with Crippen molar-refractivity contribution in [3.8, 4) is 6.07 Å². The van der Waals surface area contributed by atoms with Crippen molar-refractivity contribution in [2.24, 2.45) is 5.41 Å². The van der Waals surface area contributed by atoms with Crippen molar-refractivity contribution in [1.29, 1.82) is 5.26 Å². The molecule has 0 aromatic carbocycles. The number of carbonyl (C=O) groups excluding carboxylic acids is 1. The van der Waals surface area contributed by atoms with Crippen LogP contribution in [0.4, 0.5) is 0 Å². The normalized spacial score (nSPS) is 17.7. The van der Waals surface area contributed by atoms with E-state index in [4.69, 9.17) is 0 Å². The molecule has 1 aromatic rings. The second-order valence-corrected chi connectivity index (χ2v) is 4.64. The summed E-state index contributed by atoms with van der Waals surface area (Å²) in [6.07, 6.45) is 7.43. The Hall–Kier alpha value is -1.96. The van der Waals surface area contributed by atoms with Gasteiger partial charge in [0.15, 0.2) is 0 Å². The molecule has 1 aliphatic carbocycles. The molecule has 5 nitrogen and oxygen atoms in total. The number of nitrogens with zero attached hydrogens (tertiary/aromatic N) is 3. The molecule has 0 saturated heterocycles. The lowest BCUT2D eigenvalue weighted by Crippen LogP contribution is -2.41. The summed E-state index contributed by atoms with van der Waals surface area (Å²) >= 11 is 0. The predicted molar refractivity (Wildman–Crippen MR) is 65.0 cm³/mol. The highest BCUT2D eigenvalue weighted by atomic mass is 16.2. The molecule has 0 atom stereocenters. The van der Waals surface area contributed by atoms with Gasteiger partial charge in [-0.3, -0.25) is 4.79 Å². The minimum atomic E-state index is -0.828. The summed E-state index contributed by atoms with van der Waals surface area (Å²) in [4.78, 5) is 20.0. The first-order chi connectivity index (χ1) is 8.77. The maximum Gasteiger partial charge on any atom is 0.240 e. The lowest BCUT2D eigenvalue weighted by atomic mass is 9.74. The fourth-order valence-corrected chi connectivity index (χ4v) is 2.31. The van der Waals surface area contributed by atoms with E-state index in [2.05, 4.69) is 21.4 Å². The van der Waals surface area contributed by atoms with Crippen molar-refractivity contribution in [3.63, 3.8) is 0 Å². The number of aromatic nitrogens is 2. The molecule has 18 heavy (non-hydrogen) atoms. The summed E-state index contributed by atoms with van der Waals surface area (Å²) in [5.41, 5.74) is -0.0760. The van der Waals surface area contributed by atoms with Gasteiger partial charge in [0.25, 0.3) is 0 Å². The molecule has 0 unspecified atom stereocenters. The third-order valence-electron chi connectivity index (χ3n) is 3.43. The van der Waals surface area contributed by atoms with Crippen LogP contribution in [0.5, 0.6) is 0 Å². The molecular formula is C13H16N4O. The maximum atomic E-state index is 12.1. The van der Waals surface area contributed by atoms with E-state index in [0.717, 1.165) is 25.0 Å². The number of carbonyl (C=O) groups is 1. The minimum absolute atomic E-state index is 0.164. The molecular weight excluding hydrogens is 228 g/mol. The third kappa shape index (κ3) is 2.65. The zero-order valence-corrected chi connectivity index (χ0v) is 10.2. The molecule has 5 heteroatoms. The Morgan fingerprint density at radius 2 is 2.22 bits per heavy atom. The number of hydrogen-bond acceptors (Lipinski definition) is 4. The topological polar surface area (TPSA) is 78.7 Å². The first-order valence-electron chi connectivity index (χ1n) is 6.21. The number of nitrogens with one attached hydrogen (secondary N) is 1. The quantitative estimate of drug-likeness (QED) is 0.875. The predicted octanol–water partition coefficient (Wildman–Crippen LogP) is 1.57. The van der Waals surface area contributed by atoms with Gasteiger partial charge in [-0.15, -0.1) is 0 Å². The van der Waals surface area contributed by atoms with Gasteiger partial charge in [-0.25, -0.2) is 9.97 Å². The molecule has 1 amide bonds. The fourth-order valence-electron chi connectivity index (χ4n) is 2.31. The number of rotatable bonds is 3. The van der Waals surface area contributed by atoms with Crippen molar-refractivity contribution >= 4 is 5.91 Å². The van der Waals surface area contributed by atoms with Gasteiger partial charge in [-0.05, 0) is 18.9 Å². The first kappa shape index (κ1) is 12.5. The second kappa shape index (κ2) is 5.58. The van der Waals surface area contributed by atoms with Crippen LogP contribution in [0.25, 0.3) is 0 Å². The van der Waals surface area contributed by atoms with Gasteiger partial charge in [0.05, 0.1) is 18.3 Å². The Balaban J connectivity index is 1.97. The van der Waals surface area contributed by atoms with Crippen LogP contribution in [0.1, 0.15) is 37.8 Å². The van der Waals surface area contributed by atoms with E-state index in [9.17, 15) is 10.1 Å². The zero-order chi connectivity index (χ0) is 12.8. The summed E-state index contributed by atoms with van der Waals surface area (Å²) < 4.78 is 0. The van der Waals surface area contributed by atoms with E-state index in [0.29, 0.717) is 19.4 Å². The third-order valence-corrected chi connectivity index (χ3v) is 3.43. The fraction of sp³-hybridized carbons (Fsp3) is 0.538. The lowest BCUT2D eigenvalue weighted by molar-refractivity contribution is -0.129. The van der Waals surface area contributed by atoms with Gasteiger partial charge in [0.2, 0.25) is 5.91 Å². The average Bonchev–Trinajstić information content (AvgIpc) is 2.46. The first-order valence-corrected chi connectivity index (χ1v) is 6.21. The van der Waals surface area contributed by atoms with Crippen LogP contribution in [0.3, 0.4) is 0 Å². The van der Waals surface area contributed by atoms with E-state index < -0.39 is 5.41 Å². The molecule has 0 radical (unpaired) electrons. The number of hydrogen-bond donors (Lipinski definition) is 1. The second-order valence-electron chi connectivity index (χ2n) is 4.64. The van der Waals surface area contributed by atoms with Crippen LogP contribution < -0.4 is 5.32 Å². The molecule has 1 aromatic heterocycles. The molecule has 0 bridgehead atoms. The Kier molecular flexibility index (Phi) is 3.88. The van der Waals surface area contributed by atoms with Gasteiger partial charge >= 0.3 is 0 Å². The molecule has 1 fully saturated rings. The Labute approximate surface area is 106 Å². The SMILES string of the molecule is N#CC1(C(=O)NCc2ccncn2)CCCCC1. The highest BCUT2D eigenvalue weighted by Crippen LogP contribution is 2.35. The number of amides is 1. The minimum Gasteiger partial charge on any atom is -0.349 e. The van der Waals surface area contributed by atoms with Crippen LogP contribution >= 0.6 is 0 Å². The summed E-state index contributed by atoms with van der Waals surface area (Å²) in [6, 6.07) is 3.96. The van der Waals surface area contributed by atoms with Gasteiger partial charge in [-0.1, -0.05) is 19.3 Å². The van der Waals surface area contributed by atoms with Crippen LogP contribution in [-0.4, -0.2) is 15.9 Å². The van der Waals surface area contributed by atoms with Crippen molar-refractivity contribution in [1.82, 2.24) is 15.3 Å². The molecule has 1 aliphatic rings. The Morgan fingerprint density at radius 1 is 1.44 bits per heavy atom. The summed E-state index contributed by atoms with van der Waals surface area (Å²) in [7, 11) is 0. The lowest BCUT2D eigenvalue weighted by Gasteiger charge is -2.29. The summed E-state index contributed by atoms with van der Waals surface area (Å²) in [5.74, 6) is -0.164. The van der Waals surface area contributed by atoms with Crippen molar-refractivity contribution < 1.29 is 4.79 Å². The summed E-state index contributed by atoms with van der Waals surface area (Å²) in [6.45, 7) is 0.352. The van der Waals surface area contributed by atoms with Crippen LogP contribution in [0.15, 0.2) is 18.6 Å². The van der Waals surface area contributed by atoms with Gasteiger partial charge in [0, 0.05) is 6.20 Å². The standard InChI is InChI=1S/C13H16N4O/c14-9-13(5-2-1-3-6-13)12(18)16-8-11-4-7-15-10-17-11/h4,7,10H,1-3,5-6,8H2,(H,16,18). The van der Waals surface area contributed by atoms with E-state index in [1.165, 1.54) is 6.33 Å². The van der Waals surface area contributed by atoms with Gasteiger partial charge in [-0.2, -0.15) is 5.26 Å². The Morgan fingerprint density at radius 3 is 2.83 bits per heavy atom. The smallest absolute Gasteiger partial charge is 0.240 e. The largest absolute Gasteiger partial charge is 0.349 e. The van der Waals surface area contributed by atoms with Crippen molar-refractivity contribution in [2.45, 2.75) is 38.6 Å². The molecule has 1 N–H and O–H groups in total.